The van der Waals surface area contributed by atoms with Crippen LogP contribution in [0.3, 0.4) is 0 Å². The van der Waals surface area contributed by atoms with Crippen molar-refractivity contribution in [3.8, 4) is 0 Å². The molecule has 0 heterocycles. The summed E-state index contributed by atoms with van der Waals surface area (Å²) >= 11 is 5.74. The first-order chi connectivity index (χ1) is 9.21. The van der Waals surface area contributed by atoms with Gasteiger partial charge in [0.1, 0.15) is 0 Å². The highest BCUT2D eigenvalue weighted by Crippen LogP contribution is 2.10. The van der Waals surface area contributed by atoms with E-state index in [2.05, 4.69) is 19.2 Å². The number of alkyl halides is 1. The molecule has 0 aromatic heterocycles. The molecule has 1 unspecified atom stereocenters. The van der Waals surface area contributed by atoms with E-state index in [0.717, 1.165) is 31.2 Å². The number of benzene rings is 1. The number of rotatable bonds is 8. The Kier molecular flexibility index (Phi) is 7.57. The van der Waals surface area contributed by atoms with Crippen LogP contribution in [-0.2, 0) is 5.88 Å². The maximum absolute atomic E-state index is 12.1. The van der Waals surface area contributed by atoms with Crippen molar-refractivity contribution in [2.24, 2.45) is 0 Å². The van der Waals surface area contributed by atoms with E-state index < -0.39 is 0 Å². The monoisotopic (exact) mass is 281 g/mol. The van der Waals surface area contributed by atoms with Gasteiger partial charge in [-0.3, -0.25) is 4.79 Å². The number of hydrogen-bond acceptors (Lipinski definition) is 1. The minimum atomic E-state index is 0.0238. The van der Waals surface area contributed by atoms with E-state index in [1.54, 1.807) is 0 Å². The summed E-state index contributed by atoms with van der Waals surface area (Å²) < 4.78 is 0. The average Bonchev–Trinajstić information content (AvgIpc) is 2.45. The third-order valence-corrected chi connectivity index (χ3v) is 3.56. The molecule has 0 radical (unpaired) electrons. The lowest BCUT2D eigenvalue weighted by atomic mass is 10.0. The maximum Gasteiger partial charge on any atom is 0.251 e. The van der Waals surface area contributed by atoms with Gasteiger partial charge in [0.25, 0.3) is 5.91 Å². The molecular formula is C16H24ClNO. The van der Waals surface area contributed by atoms with Gasteiger partial charge < -0.3 is 5.32 Å². The Morgan fingerprint density at radius 2 is 1.84 bits per heavy atom. The average molecular weight is 282 g/mol. The SMILES string of the molecule is CCCCC(CCC)NC(=O)c1ccc(CCl)cc1. The number of halogens is 1. The van der Waals surface area contributed by atoms with Crippen LogP contribution in [0.5, 0.6) is 0 Å². The van der Waals surface area contributed by atoms with E-state index in [0.29, 0.717) is 17.5 Å². The molecule has 0 aliphatic rings. The van der Waals surface area contributed by atoms with Crippen LogP contribution in [0.4, 0.5) is 0 Å². The van der Waals surface area contributed by atoms with Crippen molar-refractivity contribution in [1.29, 1.82) is 0 Å². The second-order valence-corrected chi connectivity index (χ2v) is 5.20. The summed E-state index contributed by atoms with van der Waals surface area (Å²) in [6, 6.07) is 7.79. The summed E-state index contributed by atoms with van der Waals surface area (Å²) in [5.41, 5.74) is 1.75. The van der Waals surface area contributed by atoms with Crippen LogP contribution >= 0.6 is 11.6 Å². The van der Waals surface area contributed by atoms with E-state index >= 15 is 0 Å². The van der Waals surface area contributed by atoms with Gasteiger partial charge >= 0.3 is 0 Å². The van der Waals surface area contributed by atoms with E-state index in [9.17, 15) is 4.79 Å². The van der Waals surface area contributed by atoms with Gasteiger partial charge in [0.05, 0.1) is 0 Å². The van der Waals surface area contributed by atoms with E-state index in [-0.39, 0.29) is 5.91 Å². The first-order valence-electron chi connectivity index (χ1n) is 7.17. The van der Waals surface area contributed by atoms with Crippen molar-refractivity contribution in [3.63, 3.8) is 0 Å². The number of carbonyl (C=O) groups is 1. The van der Waals surface area contributed by atoms with E-state index in [1.807, 2.05) is 24.3 Å². The predicted octanol–water partition coefficient (Wildman–Crippen LogP) is 4.51. The maximum atomic E-state index is 12.1. The summed E-state index contributed by atoms with van der Waals surface area (Å²) in [4.78, 5) is 12.1. The fraction of sp³-hybridized carbons (Fsp3) is 0.562. The molecule has 106 valence electrons. The van der Waals surface area contributed by atoms with Crippen LogP contribution < -0.4 is 5.32 Å². The molecule has 1 amide bonds. The Balaban J connectivity index is 2.58. The van der Waals surface area contributed by atoms with Gasteiger partial charge in [-0.25, -0.2) is 0 Å². The van der Waals surface area contributed by atoms with Gasteiger partial charge in [0, 0.05) is 17.5 Å². The van der Waals surface area contributed by atoms with Gasteiger partial charge in [-0.2, -0.15) is 0 Å². The van der Waals surface area contributed by atoms with Crippen LogP contribution in [0.15, 0.2) is 24.3 Å². The third-order valence-electron chi connectivity index (χ3n) is 3.25. The van der Waals surface area contributed by atoms with Crippen LogP contribution in [0.25, 0.3) is 0 Å². The van der Waals surface area contributed by atoms with Crippen molar-refractivity contribution in [1.82, 2.24) is 5.32 Å². The van der Waals surface area contributed by atoms with E-state index in [1.165, 1.54) is 6.42 Å². The lowest BCUT2D eigenvalue weighted by Crippen LogP contribution is -2.34. The van der Waals surface area contributed by atoms with Crippen LogP contribution in [0.2, 0.25) is 0 Å². The number of hydrogen-bond donors (Lipinski definition) is 1. The smallest absolute Gasteiger partial charge is 0.251 e. The topological polar surface area (TPSA) is 29.1 Å². The molecule has 0 fully saturated rings. The Hall–Kier alpha value is -1.02. The van der Waals surface area contributed by atoms with Gasteiger partial charge in [0.15, 0.2) is 0 Å². The highest BCUT2D eigenvalue weighted by Gasteiger charge is 2.12. The van der Waals surface area contributed by atoms with E-state index in [4.69, 9.17) is 11.6 Å². The molecule has 1 atom stereocenters. The normalized spacial score (nSPS) is 12.2. The standard InChI is InChI=1S/C16H24ClNO/c1-3-5-7-15(6-4-2)18-16(19)14-10-8-13(12-17)9-11-14/h8-11,15H,3-7,12H2,1-2H3,(H,18,19). The minimum Gasteiger partial charge on any atom is -0.349 e. The lowest BCUT2D eigenvalue weighted by Gasteiger charge is -2.18. The van der Waals surface area contributed by atoms with Crippen molar-refractivity contribution in [3.05, 3.63) is 35.4 Å². The second kappa shape index (κ2) is 8.98. The van der Waals surface area contributed by atoms with Crippen molar-refractivity contribution >= 4 is 17.5 Å². The van der Waals surface area contributed by atoms with Crippen molar-refractivity contribution in [2.45, 2.75) is 57.9 Å². The molecule has 2 nitrogen and oxygen atoms in total. The molecule has 0 saturated heterocycles. The lowest BCUT2D eigenvalue weighted by molar-refractivity contribution is 0.0932. The van der Waals surface area contributed by atoms with Gasteiger partial charge in [-0.1, -0.05) is 45.2 Å². The predicted molar refractivity (Wildman–Crippen MR) is 81.7 cm³/mol. The zero-order valence-electron chi connectivity index (χ0n) is 11.9. The fourth-order valence-corrected chi connectivity index (χ4v) is 2.28. The largest absolute Gasteiger partial charge is 0.349 e. The zero-order valence-corrected chi connectivity index (χ0v) is 12.7. The molecule has 19 heavy (non-hydrogen) atoms. The Morgan fingerprint density at radius 1 is 1.16 bits per heavy atom. The number of nitrogens with one attached hydrogen (secondary N) is 1. The summed E-state index contributed by atoms with van der Waals surface area (Å²) in [5, 5.41) is 3.13. The molecular weight excluding hydrogens is 258 g/mol. The molecule has 1 N–H and O–H groups in total. The molecule has 0 aliphatic carbocycles. The highest BCUT2D eigenvalue weighted by molar-refractivity contribution is 6.17. The second-order valence-electron chi connectivity index (χ2n) is 4.93. The molecule has 0 aliphatic heterocycles. The molecule has 0 bridgehead atoms. The fourth-order valence-electron chi connectivity index (χ4n) is 2.10. The molecule has 1 aromatic carbocycles. The third kappa shape index (κ3) is 5.65. The Labute approximate surface area is 121 Å². The highest BCUT2D eigenvalue weighted by atomic mass is 35.5. The number of amides is 1. The molecule has 1 aromatic rings. The quantitative estimate of drug-likeness (QED) is 0.698. The zero-order chi connectivity index (χ0) is 14.1. The first-order valence-corrected chi connectivity index (χ1v) is 7.70. The van der Waals surface area contributed by atoms with Crippen LogP contribution in [0.1, 0.15) is 61.9 Å². The molecule has 3 heteroatoms. The summed E-state index contributed by atoms with van der Waals surface area (Å²) in [6.07, 6.45) is 5.54. The Morgan fingerprint density at radius 3 is 2.37 bits per heavy atom. The summed E-state index contributed by atoms with van der Waals surface area (Å²) in [6.45, 7) is 4.33. The number of unbranched alkanes of at least 4 members (excludes halogenated alkanes) is 1. The van der Waals surface area contributed by atoms with Gasteiger partial charge in [-0.15, -0.1) is 11.6 Å². The molecule has 0 saturated carbocycles. The van der Waals surface area contributed by atoms with Crippen LogP contribution in [-0.4, -0.2) is 11.9 Å². The summed E-state index contributed by atoms with van der Waals surface area (Å²) in [7, 11) is 0. The first kappa shape index (κ1) is 16.0. The molecule has 0 spiro atoms. The Bertz CT molecular complexity index is 375. The van der Waals surface area contributed by atoms with Gasteiger partial charge in [0.2, 0.25) is 0 Å². The molecule has 1 rings (SSSR count). The van der Waals surface area contributed by atoms with Crippen molar-refractivity contribution < 1.29 is 4.79 Å². The minimum absolute atomic E-state index is 0.0238. The summed E-state index contributed by atoms with van der Waals surface area (Å²) in [5.74, 6) is 0.507. The number of carbonyl (C=O) groups excluding carboxylic acids is 1. The van der Waals surface area contributed by atoms with Crippen molar-refractivity contribution in [2.75, 3.05) is 0 Å². The van der Waals surface area contributed by atoms with Crippen LogP contribution in [0, 0.1) is 0 Å². The van der Waals surface area contributed by atoms with Gasteiger partial charge in [-0.05, 0) is 30.5 Å².